The number of hydrogen-bond acceptors (Lipinski definition) is 6. The number of esters is 1. The lowest BCUT2D eigenvalue weighted by Crippen LogP contribution is -2.39. The molecule has 2 aromatic heterocycles. The van der Waals surface area contributed by atoms with Crippen molar-refractivity contribution >= 4 is 35.0 Å². The smallest absolute Gasteiger partial charge is 0.338 e. The molecule has 0 amide bonds. The number of halogens is 1. The van der Waals surface area contributed by atoms with Crippen molar-refractivity contribution in [2.75, 3.05) is 7.11 Å². The van der Waals surface area contributed by atoms with Crippen LogP contribution in [0.2, 0.25) is 5.02 Å². The number of rotatable bonds is 3. The molecule has 1 unspecified atom stereocenters. The second-order valence-corrected chi connectivity index (χ2v) is 7.59. The molecular weight excluding hydrogens is 400 g/mol. The Bertz CT molecular complexity index is 1250. The molecule has 142 valence electrons. The van der Waals surface area contributed by atoms with Gasteiger partial charge in [0, 0.05) is 11.1 Å². The molecule has 1 aromatic carbocycles. The predicted molar refractivity (Wildman–Crippen MR) is 106 cm³/mol. The summed E-state index contributed by atoms with van der Waals surface area (Å²) in [5, 5.41) is 0.564. The standard InChI is InChI=1S/C20H15ClN2O4S/c1-11-16(19(25)26-2)17(12-5-7-13(21)8-6-12)23-18(24)15(28-20(23)22-11)10-14-4-3-9-27-14/h3-10,17H,1-2H3/b15-10+. The number of nitrogens with zero attached hydrogens (tertiary/aromatic N) is 2. The van der Waals surface area contributed by atoms with Gasteiger partial charge in [0.05, 0.1) is 35.2 Å². The predicted octanol–water partition coefficient (Wildman–Crippen LogP) is 2.65. The zero-order chi connectivity index (χ0) is 19.8. The third-order valence-electron chi connectivity index (χ3n) is 4.43. The zero-order valence-corrected chi connectivity index (χ0v) is 16.6. The highest BCUT2D eigenvalue weighted by Gasteiger charge is 2.33. The molecule has 0 bridgehead atoms. The minimum Gasteiger partial charge on any atom is -0.466 e. The van der Waals surface area contributed by atoms with E-state index in [1.807, 2.05) is 0 Å². The van der Waals surface area contributed by atoms with Gasteiger partial charge in [0.2, 0.25) is 0 Å². The molecule has 0 radical (unpaired) electrons. The fourth-order valence-corrected chi connectivity index (χ4v) is 4.31. The van der Waals surface area contributed by atoms with Crippen LogP contribution in [0.5, 0.6) is 0 Å². The van der Waals surface area contributed by atoms with Gasteiger partial charge in [0.25, 0.3) is 5.56 Å². The number of carbonyl (C=O) groups is 1. The van der Waals surface area contributed by atoms with E-state index in [-0.39, 0.29) is 5.56 Å². The molecule has 28 heavy (non-hydrogen) atoms. The molecule has 0 saturated heterocycles. The first kappa shape index (κ1) is 18.5. The Kier molecular flexibility index (Phi) is 4.78. The van der Waals surface area contributed by atoms with E-state index in [2.05, 4.69) is 4.99 Å². The lowest BCUT2D eigenvalue weighted by molar-refractivity contribution is -0.136. The quantitative estimate of drug-likeness (QED) is 0.617. The molecule has 0 saturated carbocycles. The monoisotopic (exact) mass is 414 g/mol. The maximum Gasteiger partial charge on any atom is 0.338 e. The maximum absolute atomic E-state index is 13.2. The average molecular weight is 415 g/mol. The summed E-state index contributed by atoms with van der Waals surface area (Å²) in [6, 6.07) is 9.88. The van der Waals surface area contributed by atoms with Gasteiger partial charge in [-0.2, -0.15) is 0 Å². The lowest BCUT2D eigenvalue weighted by atomic mass is 9.96. The molecule has 0 aliphatic carbocycles. The van der Waals surface area contributed by atoms with Crippen LogP contribution in [-0.2, 0) is 9.53 Å². The molecular formula is C20H15ClN2O4S. The van der Waals surface area contributed by atoms with Crippen molar-refractivity contribution in [3.63, 3.8) is 0 Å². The van der Waals surface area contributed by atoms with E-state index < -0.39 is 12.0 Å². The van der Waals surface area contributed by atoms with Crippen LogP contribution >= 0.6 is 22.9 Å². The van der Waals surface area contributed by atoms with E-state index in [0.717, 1.165) is 5.56 Å². The normalized spacial score (nSPS) is 16.7. The number of carbonyl (C=O) groups excluding carboxylic acids is 1. The van der Waals surface area contributed by atoms with E-state index in [0.29, 0.717) is 31.4 Å². The van der Waals surface area contributed by atoms with Crippen molar-refractivity contribution in [2.45, 2.75) is 13.0 Å². The molecule has 3 heterocycles. The van der Waals surface area contributed by atoms with Crippen molar-refractivity contribution in [1.29, 1.82) is 0 Å². The van der Waals surface area contributed by atoms with Crippen LogP contribution < -0.4 is 14.9 Å². The summed E-state index contributed by atoms with van der Waals surface area (Å²) in [5.74, 6) is 0.0405. The minimum atomic E-state index is -0.653. The number of aromatic nitrogens is 1. The van der Waals surface area contributed by atoms with Crippen molar-refractivity contribution in [1.82, 2.24) is 4.57 Å². The number of thiazole rings is 1. The van der Waals surface area contributed by atoms with Crippen LogP contribution in [0.3, 0.4) is 0 Å². The molecule has 0 fully saturated rings. The van der Waals surface area contributed by atoms with Gasteiger partial charge >= 0.3 is 5.97 Å². The first-order valence-electron chi connectivity index (χ1n) is 8.39. The van der Waals surface area contributed by atoms with Crippen LogP contribution in [0.25, 0.3) is 6.08 Å². The van der Waals surface area contributed by atoms with Gasteiger partial charge in [-0.3, -0.25) is 9.36 Å². The van der Waals surface area contributed by atoms with Crippen LogP contribution in [-0.4, -0.2) is 17.6 Å². The van der Waals surface area contributed by atoms with E-state index >= 15 is 0 Å². The Balaban J connectivity index is 2.00. The van der Waals surface area contributed by atoms with Gasteiger partial charge in [-0.05, 0) is 36.8 Å². The molecule has 6 nitrogen and oxygen atoms in total. The van der Waals surface area contributed by atoms with Crippen LogP contribution in [0.4, 0.5) is 0 Å². The summed E-state index contributed by atoms with van der Waals surface area (Å²) >= 11 is 7.26. The van der Waals surface area contributed by atoms with Gasteiger partial charge in [-0.1, -0.05) is 35.1 Å². The molecule has 3 aromatic rings. The summed E-state index contributed by atoms with van der Waals surface area (Å²) in [7, 11) is 1.31. The summed E-state index contributed by atoms with van der Waals surface area (Å²) in [6.07, 6.45) is 3.21. The maximum atomic E-state index is 13.2. The van der Waals surface area contributed by atoms with Crippen LogP contribution in [0.15, 0.2) is 68.1 Å². The Morgan fingerprint density at radius 2 is 2.07 bits per heavy atom. The second-order valence-electron chi connectivity index (χ2n) is 6.14. The SMILES string of the molecule is COC(=O)C1=C(C)N=c2s/c(=C/c3ccco3)c(=O)n2C1c1ccc(Cl)cc1. The molecule has 8 heteroatoms. The Labute approximate surface area is 168 Å². The van der Waals surface area contributed by atoms with Crippen LogP contribution in [0, 0.1) is 0 Å². The number of hydrogen-bond donors (Lipinski definition) is 0. The summed E-state index contributed by atoms with van der Waals surface area (Å²) in [6.45, 7) is 1.73. The van der Waals surface area contributed by atoms with Crippen LogP contribution in [0.1, 0.15) is 24.3 Å². The molecule has 0 N–H and O–H groups in total. The lowest BCUT2D eigenvalue weighted by Gasteiger charge is -2.24. The van der Waals surface area contributed by atoms with E-state index in [4.69, 9.17) is 20.8 Å². The molecule has 1 atom stereocenters. The van der Waals surface area contributed by atoms with Gasteiger partial charge in [-0.25, -0.2) is 9.79 Å². The highest BCUT2D eigenvalue weighted by Crippen LogP contribution is 2.31. The topological polar surface area (TPSA) is 73.8 Å². The fraction of sp³-hybridized carbons (Fsp3) is 0.150. The van der Waals surface area contributed by atoms with E-state index in [9.17, 15) is 9.59 Å². The first-order valence-corrected chi connectivity index (χ1v) is 9.59. The van der Waals surface area contributed by atoms with Crippen molar-refractivity contribution in [3.05, 3.63) is 90.0 Å². The Hall–Kier alpha value is -2.90. The number of allylic oxidation sites excluding steroid dienone is 1. The number of furan rings is 1. The van der Waals surface area contributed by atoms with Crippen molar-refractivity contribution < 1.29 is 13.9 Å². The third kappa shape index (κ3) is 3.12. The Morgan fingerprint density at radius 1 is 1.32 bits per heavy atom. The molecule has 0 spiro atoms. The summed E-state index contributed by atoms with van der Waals surface area (Å²) < 4.78 is 12.3. The average Bonchev–Trinajstić information content (AvgIpc) is 3.29. The van der Waals surface area contributed by atoms with Crippen molar-refractivity contribution in [3.8, 4) is 0 Å². The van der Waals surface area contributed by atoms with Gasteiger partial charge in [-0.15, -0.1) is 0 Å². The highest BCUT2D eigenvalue weighted by atomic mass is 35.5. The molecule has 4 rings (SSSR count). The zero-order valence-electron chi connectivity index (χ0n) is 15.0. The number of fused-ring (bicyclic) bond motifs is 1. The van der Waals surface area contributed by atoms with Gasteiger partial charge < -0.3 is 9.15 Å². The molecule has 1 aliphatic heterocycles. The highest BCUT2D eigenvalue weighted by molar-refractivity contribution is 7.07. The van der Waals surface area contributed by atoms with Gasteiger partial charge in [0.15, 0.2) is 4.80 Å². The van der Waals surface area contributed by atoms with Crippen molar-refractivity contribution in [2.24, 2.45) is 4.99 Å². The van der Waals surface area contributed by atoms with E-state index in [1.165, 1.54) is 23.0 Å². The summed E-state index contributed by atoms with van der Waals surface area (Å²) in [5.41, 5.74) is 1.32. The largest absolute Gasteiger partial charge is 0.466 e. The second kappa shape index (κ2) is 7.26. The Morgan fingerprint density at radius 3 is 2.71 bits per heavy atom. The fourth-order valence-electron chi connectivity index (χ4n) is 3.16. The number of benzene rings is 1. The third-order valence-corrected chi connectivity index (χ3v) is 5.66. The van der Waals surface area contributed by atoms with E-state index in [1.54, 1.807) is 55.7 Å². The first-order chi connectivity index (χ1) is 13.5. The molecule has 1 aliphatic rings. The summed E-state index contributed by atoms with van der Waals surface area (Å²) in [4.78, 5) is 30.7. The minimum absolute atomic E-state index is 0.256. The number of methoxy groups -OCH3 is 1. The number of ether oxygens (including phenoxy) is 1. The van der Waals surface area contributed by atoms with Gasteiger partial charge in [0.1, 0.15) is 5.76 Å².